The van der Waals surface area contributed by atoms with Crippen molar-refractivity contribution in [3.05, 3.63) is 47.4 Å². The number of nitrogens with zero attached hydrogens (tertiary/aromatic N) is 2. The summed E-state index contributed by atoms with van der Waals surface area (Å²) in [6.45, 7) is 0.747. The van der Waals surface area contributed by atoms with Gasteiger partial charge in [-0.15, -0.1) is 0 Å². The lowest BCUT2D eigenvalue weighted by Crippen LogP contribution is -2.04. The summed E-state index contributed by atoms with van der Waals surface area (Å²) in [4.78, 5) is 4.15. The van der Waals surface area contributed by atoms with Crippen LogP contribution in [0.25, 0.3) is 0 Å². The van der Waals surface area contributed by atoms with Gasteiger partial charge >= 0.3 is 0 Å². The van der Waals surface area contributed by atoms with Crippen LogP contribution in [-0.2, 0) is 13.6 Å². The maximum absolute atomic E-state index is 5.78. The van der Waals surface area contributed by atoms with E-state index in [-0.39, 0.29) is 0 Å². The molecule has 0 aliphatic heterocycles. The molecular weight excluding hydrogens is 210 g/mol. The molecule has 0 amide bonds. The van der Waals surface area contributed by atoms with Crippen molar-refractivity contribution >= 4 is 17.4 Å². The number of pyridine rings is 1. The van der Waals surface area contributed by atoms with Crippen molar-refractivity contribution in [2.24, 2.45) is 7.05 Å². The van der Waals surface area contributed by atoms with Gasteiger partial charge in [-0.1, -0.05) is 17.7 Å². The molecular formula is C11H12ClN3. The molecule has 0 unspecified atom stereocenters. The molecule has 0 aliphatic carbocycles. The van der Waals surface area contributed by atoms with E-state index in [0.717, 1.165) is 12.4 Å². The molecule has 0 radical (unpaired) electrons. The normalized spacial score (nSPS) is 10.3. The quantitative estimate of drug-likeness (QED) is 0.808. The summed E-state index contributed by atoms with van der Waals surface area (Å²) in [6.07, 6.45) is 2.02. The van der Waals surface area contributed by atoms with Gasteiger partial charge < -0.3 is 9.88 Å². The average molecular weight is 222 g/mol. The van der Waals surface area contributed by atoms with Gasteiger partial charge in [0.15, 0.2) is 0 Å². The summed E-state index contributed by atoms with van der Waals surface area (Å²) in [7, 11) is 2.02. The number of anilines is 1. The Kier molecular flexibility index (Phi) is 2.92. The van der Waals surface area contributed by atoms with Gasteiger partial charge in [-0.2, -0.15) is 0 Å². The van der Waals surface area contributed by atoms with Crippen LogP contribution in [0.4, 0.5) is 5.82 Å². The van der Waals surface area contributed by atoms with Crippen molar-refractivity contribution in [2.45, 2.75) is 6.54 Å². The Balaban J connectivity index is 2.02. The molecule has 78 valence electrons. The maximum atomic E-state index is 5.78. The predicted octanol–water partition coefficient (Wildman–Crippen LogP) is 2.69. The fourth-order valence-electron chi connectivity index (χ4n) is 1.37. The molecule has 0 bridgehead atoms. The Bertz CT molecular complexity index is 451. The second-order valence-electron chi connectivity index (χ2n) is 3.31. The van der Waals surface area contributed by atoms with Gasteiger partial charge in [0.2, 0.25) is 0 Å². The Labute approximate surface area is 93.7 Å². The number of hydrogen-bond donors (Lipinski definition) is 1. The first kappa shape index (κ1) is 10.1. The summed E-state index contributed by atoms with van der Waals surface area (Å²) in [5.74, 6) is 0.795. The van der Waals surface area contributed by atoms with E-state index in [1.54, 1.807) is 6.07 Å². The molecule has 0 spiro atoms. The zero-order valence-electron chi connectivity index (χ0n) is 8.44. The smallest absolute Gasteiger partial charge is 0.131 e. The number of aromatic nitrogens is 2. The molecule has 0 saturated heterocycles. The highest BCUT2D eigenvalue weighted by Gasteiger charge is 1.98. The predicted molar refractivity (Wildman–Crippen MR) is 62.0 cm³/mol. The third kappa shape index (κ3) is 2.50. The lowest BCUT2D eigenvalue weighted by atomic mass is 10.4. The van der Waals surface area contributed by atoms with Crippen LogP contribution in [-0.4, -0.2) is 9.55 Å². The van der Waals surface area contributed by atoms with Gasteiger partial charge in [0, 0.05) is 18.9 Å². The minimum absolute atomic E-state index is 0.506. The van der Waals surface area contributed by atoms with E-state index in [2.05, 4.69) is 20.9 Å². The molecule has 0 aliphatic rings. The second-order valence-corrected chi connectivity index (χ2v) is 3.70. The molecule has 3 nitrogen and oxygen atoms in total. The third-order valence-corrected chi connectivity index (χ3v) is 2.43. The van der Waals surface area contributed by atoms with Crippen molar-refractivity contribution in [1.29, 1.82) is 0 Å². The van der Waals surface area contributed by atoms with Crippen LogP contribution < -0.4 is 5.32 Å². The van der Waals surface area contributed by atoms with Gasteiger partial charge in [0.05, 0.1) is 6.54 Å². The minimum atomic E-state index is 0.506. The van der Waals surface area contributed by atoms with E-state index in [0.29, 0.717) is 5.15 Å². The van der Waals surface area contributed by atoms with E-state index < -0.39 is 0 Å². The molecule has 2 aromatic rings. The number of nitrogens with one attached hydrogen (secondary N) is 1. The summed E-state index contributed by atoms with van der Waals surface area (Å²) in [5.41, 5.74) is 1.21. The zero-order valence-corrected chi connectivity index (χ0v) is 9.20. The molecule has 0 aromatic carbocycles. The average Bonchev–Trinajstić information content (AvgIpc) is 2.61. The van der Waals surface area contributed by atoms with Gasteiger partial charge in [-0.3, -0.25) is 0 Å². The van der Waals surface area contributed by atoms with Crippen molar-refractivity contribution in [3.8, 4) is 0 Å². The molecule has 4 heteroatoms. The molecule has 15 heavy (non-hydrogen) atoms. The maximum Gasteiger partial charge on any atom is 0.131 e. The highest BCUT2D eigenvalue weighted by atomic mass is 35.5. The highest BCUT2D eigenvalue weighted by molar-refractivity contribution is 6.29. The Morgan fingerprint density at radius 1 is 1.33 bits per heavy atom. The second kappa shape index (κ2) is 4.36. The van der Waals surface area contributed by atoms with E-state index in [1.165, 1.54) is 5.69 Å². The Hall–Kier alpha value is -1.48. The number of aryl methyl sites for hydroxylation is 1. The minimum Gasteiger partial charge on any atom is -0.364 e. The van der Waals surface area contributed by atoms with Crippen LogP contribution in [0, 0.1) is 0 Å². The lowest BCUT2D eigenvalue weighted by molar-refractivity contribution is 0.840. The van der Waals surface area contributed by atoms with E-state index in [9.17, 15) is 0 Å². The number of rotatable bonds is 3. The summed E-state index contributed by atoms with van der Waals surface area (Å²) < 4.78 is 2.07. The molecule has 2 rings (SSSR count). The molecule has 2 heterocycles. The monoisotopic (exact) mass is 221 g/mol. The van der Waals surface area contributed by atoms with Crippen LogP contribution in [0.1, 0.15) is 5.69 Å². The molecule has 0 saturated carbocycles. The van der Waals surface area contributed by atoms with Crippen LogP contribution in [0.5, 0.6) is 0 Å². The summed E-state index contributed by atoms with van der Waals surface area (Å²) in [5, 5.41) is 3.72. The van der Waals surface area contributed by atoms with Crippen LogP contribution >= 0.6 is 11.6 Å². The highest BCUT2D eigenvalue weighted by Crippen LogP contribution is 2.10. The SMILES string of the molecule is Cn1cccc1CNc1cccc(Cl)n1. The summed E-state index contributed by atoms with van der Waals surface area (Å²) in [6, 6.07) is 9.62. The molecule has 0 fully saturated rings. The standard InChI is InChI=1S/C11H12ClN3/c1-15-7-3-4-9(15)8-13-11-6-2-5-10(12)14-11/h2-7H,8H2,1H3,(H,13,14). The first-order valence-electron chi connectivity index (χ1n) is 4.72. The van der Waals surface area contributed by atoms with Crippen LogP contribution in [0.3, 0.4) is 0 Å². The van der Waals surface area contributed by atoms with Crippen molar-refractivity contribution < 1.29 is 0 Å². The van der Waals surface area contributed by atoms with Gasteiger partial charge in [0.1, 0.15) is 11.0 Å². The lowest BCUT2D eigenvalue weighted by Gasteiger charge is -2.06. The van der Waals surface area contributed by atoms with Crippen molar-refractivity contribution in [2.75, 3.05) is 5.32 Å². The van der Waals surface area contributed by atoms with Crippen molar-refractivity contribution in [1.82, 2.24) is 9.55 Å². The van der Waals surface area contributed by atoms with Crippen molar-refractivity contribution in [3.63, 3.8) is 0 Å². The molecule has 2 aromatic heterocycles. The first-order chi connectivity index (χ1) is 7.25. The van der Waals surface area contributed by atoms with E-state index in [4.69, 9.17) is 11.6 Å². The van der Waals surface area contributed by atoms with E-state index in [1.807, 2.05) is 31.4 Å². The van der Waals surface area contributed by atoms with Gasteiger partial charge in [0.25, 0.3) is 0 Å². The van der Waals surface area contributed by atoms with Crippen LogP contribution in [0.2, 0.25) is 5.15 Å². The third-order valence-electron chi connectivity index (χ3n) is 2.22. The number of hydrogen-bond acceptors (Lipinski definition) is 2. The van der Waals surface area contributed by atoms with Gasteiger partial charge in [-0.05, 0) is 24.3 Å². The van der Waals surface area contributed by atoms with E-state index >= 15 is 0 Å². The largest absolute Gasteiger partial charge is 0.364 e. The molecule has 1 N–H and O–H groups in total. The summed E-state index contributed by atoms with van der Waals surface area (Å²) >= 11 is 5.78. The topological polar surface area (TPSA) is 29.9 Å². The van der Waals surface area contributed by atoms with Gasteiger partial charge in [-0.25, -0.2) is 4.98 Å². The Morgan fingerprint density at radius 2 is 2.20 bits per heavy atom. The Morgan fingerprint density at radius 3 is 2.87 bits per heavy atom. The molecule has 0 atom stereocenters. The fraction of sp³-hybridized carbons (Fsp3) is 0.182. The zero-order chi connectivity index (χ0) is 10.7. The fourth-order valence-corrected chi connectivity index (χ4v) is 1.53. The first-order valence-corrected chi connectivity index (χ1v) is 5.10. The van der Waals surface area contributed by atoms with Crippen LogP contribution in [0.15, 0.2) is 36.5 Å². The number of halogens is 1.